The summed E-state index contributed by atoms with van der Waals surface area (Å²) in [7, 11) is 0. The van der Waals surface area contributed by atoms with Crippen molar-refractivity contribution >= 4 is 27.5 Å². The summed E-state index contributed by atoms with van der Waals surface area (Å²) in [6.07, 6.45) is 0.958. The molecule has 0 atom stereocenters. The van der Waals surface area contributed by atoms with Gasteiger partial charge in [-0.2, -0.15) is 0 Å². The van der Waals surface area contributed by atoms with Gasteiger partial charge in [0.25, 0.3) is 0 Å². The maximum Gasteiger partial charge on any atom is 0.323 e. The third-order valence-electron chi connectivity index (χ3n) is 3.26. The van der Waals surface area contributed by atoms with Crippen LogP contribution in [0, 0.1) is 0 Å². The lowest BCUT2D eigenvalue weighted by molar-refractivity contribution is 0.147. The van der Waals surface area contributed by atoms with E-state index in [9.17, 15) is 4.79 Å². The molecule has 0 radical (unpaired) electrons. The van der Waals surface area contributed by atoms with Gasteiger partial charge in [0.15, 0.2) is 5.13 Å². The lowest BCUT2D eigenvalue weighted by Crippen LogP contribution is -2.05. The summed E-state index contributed by atoms with van der Waals surface area (Å²) >= 11 is 1.58. The van der Waals surface area contributed by atoms with E-state index in [0.717, 1.165) is 53.6 Å². The average Bonchev–Trinajstić information content (AvgIpc) is 3.11. The summed E-state index contributed by atoms with van der Waals surface area (Å²) in [6.45, 7) is 4.36. The predicted molar refractivity (Wildman–Crippen MR) is 89.6 cm³/mol. The minimum absolute atomic E-state index is 0.193. The van der Waals surface area contributed by atoms with E-state index in [0.29, 0.717) is 0 Å². The highest BCUT2D eigenvalue weighted by Gasteiger charge is 2.06. The Morgan fingerprint density at radius 1 is 1.32 bits per heavy atom. The Labute approximate surface area is 131 Å². The first-order chi connectivity index (χ1) is 10.8. The van der Waals surface area contributed by atoms with Gasteiger partial charge in [-0.25, -0.2) is 9.78 Å². The molecule has 0 saturated carbocycles. The standard InChI is InChI=1S/C15H18N4O2S/c1-2-21-7-3-6-16-15-19-13(9-22-15)10-4-5-11-12(8-10)18-14(20)17-11/h4-5,8-9H,2-3,6-7H2,1H3,(H,16,19)(H2,17,18,20). The number of thiazole rings is 1. The van der Waals surface area contributed by atoms with Crippen molar-refractivity contribution in [3.8, 4) is 11.3 Å². The average molecular weight is 318 g/mol. The molecular weight excluding hydrogens is 300 g/mol. The molecule has 0 unspecified atom stereocenters. The molecule has 0 bridgehead atoms. The van der Waals surface area contributed by atoms with Gasteiger partial charge in [-0.15, -0.1) is 11.3 Å². The van der Waals surface area contributed by atoms with Crippen LogP contribution in [0.5, 0.6) is 0 Å². The van der Waals surface area contributed by atoms with E-state index >= 15 is 0 Å². The van der Waals surface area contributed by atoms with Gasteiger partial charge in [-0.3, -0.25) is 0 Å². The zero-order valence-electron chi connectivity index (χ0n) is 12.3. The number of aromatic nitrogens is 3. The maximum absolute atomic E-state index is 11.3. The first-order valence-corrected chi connectivity index (χ1v) is 8.14. The van der Waals surface area contributed by atoms with E-state index in [4.69, 9.17) is 4.74 Å². The van der Waals surface area contributed by atoms with Gasteiger partial charge in [-0.1, -0.05) is 6.07 Å². The molecule has 116 valence electrons. The van der Waals surface area contributed by atoms with Gasteiger partial charge < -0.3 is 20.0 Å². The summed E-state index contributed by atoms with van der Waals surface area (Å²) in [5.41, 5.74) is 3.30. The molecule has 6 nitrogen and oxygen atoms in total. The third kappa shape index (κ3) is 3.37. The van der Waals surface area contributed by atoms with E-state index in [1.807, 2.05) is 30.5 Å². The number of fused-ring (bicyclic) bond motifs is 1. The van der Waals surface area contributed by atoms with Crippen LogP contribution >= 0.6 is 11.3 Å². The maximum atomic E-state index is 11.3. The van der Waals surface area contributed by atoms with E-state index < -0.39 is 0 Å². The van der Waals surface area contributed by atoms with Crippen molar-refractivity contribution in [3.05, 3.63) is 34.1 Å². The van der Waals surface area contributed by atoms with Crippen LogP contribution in [0.25, 0.3) is 22.3 Å². The van der Waals surface area contributed by atoms with Crippen molar-refractivity contribution in [2.45, 2.75) is 13.3 Å². The summed E-state index contributed by atoms with van der Waals surface area (Å²) < 4.78 is 5.30. The van der Waals surface area contributed by atoms with E-state index in [1.54, 1.807) is 11.3 Å². The Morgan fingerprint density at radius 2 is 2.18 bits per heavy atom. The van der Waals surface area contributed by atoms with Gasteiger partial charge in [0, 0.05) is 30.7 Å². The van der Waals surface area contributed by atoms with Crippen LogP contribution in [0.3, 0.4) is 0 Å². The molecule has 3 aromatic rings. The lowest BCUT2D eigenvalue weighted by atomic mass is 10.1. The Hall–Kier alpha value is -2.12. The number of imidazole rings is 1. The fourth-order valence-corrected chi connectivity index (χ4v) is 2.94. The molecule has 2 aromatic heterocycles. The van der Waals surface area contributed by atoms with Gasteiger partial charge in [-0.05, 0) is 25.5 Å². The van der Waals surface area contributed by atoms with Gasteiger partial charge >= 0.3 is 5.69 Å². The minimum atomic E-state index is -0.193. The number of benzene rings is 1. The Bertz CT molecular complexity index is 805. The Morgan fingerprint density at radius 3 is 3.05 bits per heavy atom. The number of nitrogens with zero attached hydrogens (tertiary/aromatic N) is 1. The van der Waals surface area contributed by atoms with Gasteiger partial charge in [0.2, 0.25) is 0 Å². The summed E-state index contributed by atoms with van der Waals surface area (Å²) in [5, 5.41) is 6.21. The van der Waals surface area contributed by atoms with Gasteiger partial charge in [0.1, 0.15) is 0 Å². The van der Waals surface area contributed by atoms with Crippen LogP contribution in [0.4, 0.5) is 5.13 Å². The number of aromatic amines is 2. The van der Waals surface area contributed by atoms with Crippen molar-refractivity contribution in [1.29, 1.82) is 0 Å². The van der Waals surface area contributed by atoms with Gasteiger partial charge in [0.05, 0.1) is 16.7 Å². The zero-order valence-corrected chi connectivity index (χ0v) is 13.1. The van der Waals surface area contributed by atoms with Crippen LogP contribution in [0.1, 0.15) is 13.3 Å². The molecule has 0 aliphatic heterocycles. The van der Waals surface area contributed by atoms with E-state index in [1.165, 1.54) is 0 Å². The molecule has 7 heteroatoms. The summed E-state index contributed by atoms with van der Waals surface area (Å²) in [6, 6.07) is 5.78. The number of ether oxygens (including phenoxy) is 1. The normalized spacial score (nSPS) is 11.1. The molecule has 22 heavy (non-hydrogen) atoms. The second kappa shape index (κ2) is 6.76. The van der Waals surface area contributed by atoms with Crippen molar-refractivity contribution in [2.24, 2.45) is 0 Å². The molecule has 0 aliphatic carbocycles. The fourth-order valence-electron chi connectivity index (χ4n) is 2.19. The van der Waals surface area contributed by atoms with Crippen molar-refractivity contribution in [1.82, 2.24) is 15.0 Å². The van der Waals surface area contributed by atoms with Crippen LogP contribution in [-0.2, 0) is 4.74 Å². The summed E-state index contributed by atoms with van der Waals surface area (Å²) in [4.78, 5) is 21.4. The molecule has 3 N–H and O–H groups in total. The highest BCUT2D eigenvalue weighted by atomic mass is 32.1. The largest absolute Gasteiger partial charge is 0.382 e. The number of hydrogen-bond donors (Lipinski definition) is 3. The highest BCUT2D eigenvalue weighted by molar-refractivity contribution is 7.14. The number of anilines is 1. The van der Waals surface area contributed by atoms with Crippen molar-refractivity contribution in [2.75, 3.05) is 25.1 Å². The molecule has 1 aromatic carbocycles. The first kappa shape index (κ1) is 14.8. The van der Waals surface area contributed by atoms with Crippen LogP contribution in [-0.4, -0.2) is 34.7 Å². The minimum Gasteiger partial charge on any atom is -0.382 e. The predicted octanol–water partition coefficient (Wildman–Crippen LogP) is 2.82. The molecular formula is C15H18N4O2S. The number of nitrogens with one attached hydrogen (secondary N) is 3. The molecule has 3 rings (SSSR count). The molecule has 0 aliphatic rings. The van der Waals surface area contributed by atoms with Crippen LogP contribution < -0.4 is 11.0 Å². The number of hydrogen-bond acceptors (Lipinski definition) is 5. The SMILES string of the molecule is CCOCCCNc1nc(-c2ccc3[nH]c(=O)[nH]c3c2)cs1. The number of rotatable bonds is 7. The Balaban J connectivity index is 1.67. The van der Waals surface area contributed by atoms with Crippen molar-refractivity contribution in [3.63, 3.8) is 0 Å². The fraction of sp³-hybridized carbons (Fsp3) is 0.333. The second-order valence-corrected chi connectivity index (χ2v) is 5.71. The summed E-state index contributed by atoms with van der Waals surface area (Å²) in [5.74, 6) is 0. The first-order valence-electron chi connectivity index (χ1n) is 7.26. The third-order valence-corrected chi connectivity index (χ3v) is 4.06. The monoisotopic (exact) mass is 318 g/mol. The van der Waals surface area contributed by atoms with Crippen LogP contribution in [0.2, 0.25) is 0 Å². The van der Waals surface area contributed by atoms with Crippen LogP contribution in [0.15, 0.2) is 28.4 Å². The topological polar surface area (TPSA) is 82.8 Å². The Kier molecular flexibility index (Phi) is 4.55. The molecule has 0 amide bonds. The molecule has 0 fully saturated rings. The highest BCUT2D eigenvalue weighted by Crippen LogP contribution is 2.26. The van der Waals surface area contributed by atoms with E-state index in [2.05, 4.69) is 20.3 Å². The van der Waals surface area contributed by atoms with Crippen molar-refractivity contribution < 1.29 is 4.74 Å². The lowest BCUT2D eigenvalue weighted by Gasteiger charge is -2.02. The molecule has 0 spiro atoms. The quantitative estimate of drug-likeness (QED) is 0.585. The second-order valence-electron chi connectivity index (χ2n) is 4.85. The smallest absolute Gasteiger partial charge is 0.323 e. The molecule has 2 heterocycles. The molecule has 0 saturated heterocycles. The zero-order chi connectivity index (χ0) is 15.4. The number of H-pyrrole nitrogens is 2. The van der Waals surface area contributed by atoms with E-state index in [-0.39, 0.29) is 5.69 Å².